The monoisotopic (exact) mass is 224 g/mol. The molecule has 0 aromatic heterocycles. The summed E-state index contributed by atoms with van der Waals surface area (Å²) in [7, 11) is 0. The molecule has 1 saturated carbocycles. The molecule has 2 atom stereocenters. The second kappa shape index (κ2) is 4.35. The van der Waals surface area contributed by atoms with Gasteiger partial charge in [0.1, 0.15) is 0 Å². The van der Waals surface area contributed by atoms with Crippen molar-refractivity contribution in [3.8, 4) is 6.07 Å². The van der Waals surface area contributed by atoms with Crippen molar-refractivity contribution in [1.82, 2.24) is 4.90 Å². The van der Waals surface area contributed by atoms with E-state index in [1.165, 1.54) is 25.9 Å². The van der Waals surface area contributed by atoms with E-state index < -0.39 is 0 Å². The summed E-state index contributed by atoms with van der Waals surface area (Å²) in [6.07, 6.45) is 3.30. The number of thioether (sulfide) groups is 1. The predicted molar refractivity (Wildman–Crippen MR) is 64.9 cm³/mol. The number of rotatable bonds is 3. The van der Waals surface area contributed by atoms with Crippen LogP contribution in [0.25, 0.3) is 0 Å². The Morgan fingerprint density at radius 2 is 1.93 bits per heavy atom. The second-order valence-corrected chi connectivity index (χ2v) is 7.17. The molecule has 0 radical (unpaired) electrons. The van der Waals surface area contributed by atoms with Gasteiger partial charge in [-0.05, 0) is 18.3 Å². The highest BCUT2D eigenvalue weighted by Gasteiger charge is 2.44. The van der Waals surface area contributed by atoms with Crippen molar-refractivity contribution >= 4 is 11.8 Å². The van der Waals surface area contributed by atoms with Crippen LogP contribution in [0.15, 0.2) is 0 Å². The predicted octanol–water partition coefficient (Wildman–Crippen LogP) is 2.51. The summed E-state index contributed by atoms with van der Waals surface area (Å²) in [5.74, 6) is 0. The second-order valence-electron chi connectivity index (χ2n) is 5.29. The fraction of sp³-hybridized carbons (Fsp3) is 0.917. The van der Waals surface area contributed by atoms with Crippen molar-refractivity contribution in [3.05, 3.63) is 0 Å². The van der Waals surface area contributed by atoms with Crippen LogP contribution in [-0.2, 0) is 0 Å². The summed E-state index contributed by atoms with van der Waals surface area (Å²) < 4.78 is 0. The van der Waals surface area contributed by atoms with Crippen LogP contribution in [0.1, 0.15) is 33.1 Å². The Hall–Kier alpha value is -0.200. The molecule has 1 saturated heterocycles. The van der Waals surface area contributed by atoms with Gasteiger partial charge < -0.3 is 4.90 Å². The van der Waals surface area contributed by atoms with Gasteiger partial charge in [-0.2, -0.15) is 17.0 Å². The first-order valence-electron chi connectivity index (χ1n) is 5.88. The van der Waals surface area contributed by atoms with Gasteiger partial charge in [0.2, 0.25) is 0 Å². The molecule has 1 heterocycles. The van der Waals surface area contributed by atoms with Crippen LogP contribution in [0.4, 0.5) is 0 Å². The van der Waals surface area contributed by atoms with Gasteiger partial charge in [0.25, 0.3) is 0 Å². The highest BCUT2D eigenvalue weighted by atomic mass is 32.2. The third kappa shape index (κ3) is 2.89. The van der Waals surface area contributed by atoms with E-state index in [-0.39, 0.29) is 0 Å². The van der Waals surface area contributed by atoms with Crippen LogP contribution in [0.2, 0.25) is 0 Å². The third-order valence-electron chi connectivity index (χ3n) is 3.47. The summed E-state index contributed by atoms with van der Waals surface area (Å²) in [5.41, 5.74) is 0.385. The number of hydrogen-bond donors (Lipinski definition) is 0. The molecule has 2 nitrogen and oxygen atoms in total. The molecule has 2 unspecified atom stereocenters. The SMILES string of the molecule is CC1CN(CC2(CC#N)CC2)CC(C)S1. The molecule has 0 N–H and O–H groups in total. The van der Waals surface area contributed by atoms with Crippen molar-refractivity contribution in [3.63, 3.8) is 0 Å². The number of hydrogen-bond acceptors (Lipinski definition) is 3. The van der Waals surface area contributed by atoms with Crippen molar-refractivity contribution < 1.29 is 0 Å². The van der Waals surface area contributed by atoms with Crippen LogP contribution < -0.4 is 0 Å². The minimum atomic E-state index is 0.385. The molecular formula is C12H20N2S. The zero-order chi connectivity index (χ0) is 10.9. The maximum atomic E-state index is 8.80. The topological polar surface area (TPSA) is 27.0 Å². The van der Waals surface area contributed by atoms with E-state index in [2.05, 4.69) is 36.6 Å². The van der Waals surface area contributed by atoms with E-state index in [0.717, 1.165) is 23.5 Å². The van der Waals surface area contributed by atoms with Gasteiger partial charge in [0.05, 0.1) is 6.07 Å². The van der Waals surface area contributed by atoms with Gasteiger partial charge in [-0.1, -0.05) is 13.8 Å². The Labute approximate surface area is 97.0 Å². The highest BCUT2D eigenvalue weighted by Crippen LogP contribution is 2.49. The molecule has 1 aliphatic carbocycles. The first-order chi connectivity index (χ1) is 7.13. The maximum absolute atomic E-state index is 8.80. The van der Waals surface area contributed by atoms with Crippen molar-refractivity contribution in [2.45, 2.75) is 43.6 Å². The van der Waals surface area contributed by atoms with E-state index in [1.54, 1.807) is 0 Å². The minimum Gasteiger partial charge on any atom is -0.301 e. The first kappa shape index (κ1) is 11.3. The molecule has 0 bridgehead atoms. The van der Waals surface area contributed by atoms with Gasteiger partial charge in [0, 0.05) is 36.6 Å². The Morgan fingerprint density at radius 1 is 1.33 bits per heavy atom. The van der Waals surface area contributed by atoms with Crippen LogP contribution in [0, 0.1) is 16.7 Å². The van der Waals surface area contributed by atoms with Crippen LogP contribution in [-0.4, -0.2) is 35.0 Å². The third-order valence-corrected chi connectivity index (χ3v) is 4.69. The number of nitriles is 1. The quantitative estimate of drug-likeness (QED) is 0.737. The molecule has 2 aliphatic rings. The highest BCUT2D eigenvalue weighted by molar-refractivity contribution is 8.00. The van der Waals surface area contributed by atoms with E-state index in [1.807, 2.05) is 0 Å². The standard InChI is InChI=1S/C12H20N2S/c1-10-7-14(8-11(2)15-10)9-12(3-4-12)5-6-13/h10-11H,3-5,7-9H2,1-2H3. The summed E-state index contributed by atoms with van der Waals surface area (Å²) in [6.45, 7) is 8.22. The smallest absolute Gasteiger partial charge is 0.0628 e. The Bertz CT molecular complexity index is 257. The zero-order valence-electron chi connectivity index (χ0n) is 9.70. The molecule has 0 spiro atoms. The molecule has 1 aliphatic heterocycles. The lowest BCUT2D eigenvalue weighted by Gasteiger charge is -2.36. The molecule has 84 valence electrons. The summed E-state index contributed by atoms with van der Waals surface area (Å²) in [5, 5.41) is 10.3. The number of nitrogens with zero attached hydrogens (tertiary/aromatic N) is 2. The maximum Gasteiger partial charge on any atom is 0.0628 e. The fourth-order valence-electron chi connectivity index (χ4n) is 2.62. The summed E-state index contributed by atoms with van der Waals surface area (Å²) in [6, 6.07) is 2.35. The van der Waals surface area contributed by atoms with Crippen LogP contribution in [0.5, 0.6) is 0 Å². The van der Waals surface area contributed by atoms with Crippen molar-refractivity contribution in [2.24, 2.45) is 5.41 Å². The molecule has 0 aromatic rings. The summed E-state index contributed by atoms with van der Waals surface area (Å²) in [4.78, 5) is 2.58. The largest absolute Gasteiger partial charge is 0.301 e. The molecule has 15 heavy (non-hydrogen) atoms. The summed E-state index contributed by atoms with van der Waals surface area (Å²) >= 11 is 2.10. The van der Waals surface area contributed by atoms with E-state index in [0.29, 0.717) is 5.41 Å². The van der Waals surface area contributed by atoms with Crippen molar-refractivity contribution in [2.75, 3.05) is 19.6 Å². The van der Waals surface area contributed by atoms with E-state index >= 15 is 0 Å². The van der Waals surface area contributed by atoms with Crippen molar-refractivity contribution in [1.29, 1.82) is 5.26 Å². The molecule has 2 fully saturated rings. The van der Waals surface area contributed by atoms with Gasteiger partial charge in [-0.25, -0.2) is 0 Å². The lowest BCUT2D eigenvalue weighted by molar-refractivity contribution is 0.218. The van der Waals surface area contributed by atoms with Crippen LogP contribution in [0.3, 0.4) is 0 Å². The van der Waals surface area contributed by atoms with E-state index in [9.17, 15) is 0 Å². The van der Waals surface area contributed by atoms with Gasteiger partial charge in [-0.15, -0.1) is 0 Å². The lowest BCUT2D eigenvalue weighted by Crippen LogP contribution is -2.43. The molecular weight excluding hydrogens is 204 g/mol. The Balaban J connectivity index is 1.86. The average Bonchev–Trinajstić information content (AvgIpc) is 2.83. The Morgan fingerprint density at radius 3 is 2.40 bits per heavy atom. The van der Waals surface area contributed by atoms with Crippen LogP contribution >= 0.6 is 11.8 Å². The minimum absolute atomic E-state index is 0.385. The van der Waals surface area contributed by atoms with Gasteiger partial charge in [0.15, 0.2) is 0 Å². The Kier molecular flexibility index (Phi) is 3.27. The first-order valence-corrected chi connectivity index (χ1v) is 6.83. The van der Waals surface area contributed by atoms with Gasteiger partial charge >= 0.3 is 0 Å². The average molecular weight is 224 g/mol. The molecule has 0 aromatic carbocycles. The van der Waals surface area contributed by atoms with E-state index in [4.69, 9.17) is 5.26 Å². The van der Waals surface area contributed by atoms with Gasteiger partial charge in [-0.3, -0.25) is 0 Å². The fourth-order valence-corrected chi connectivity index (χ4v) is 4.01. The molecule has 0 amide bonds. The normalized spacial score (nSPS) is 34.7. The zero-order valence-corrected chi connectivity index (χ0v) is 10.5. The molecule has 3 heteroatoms. The molecule has 2 rings (SSSR count). The lowest BCUT2D eigenvalue weighted by atomic mass is 10.0.